The molecule has 0 radical (unpaired) electrons. The number of amides is 3. The number of imide groups is 1. The van der Waals surface area contributed by atoms with Gasteiger partial charge in [0.25, 0.3) is 0 Å². The lowest BCUT2D eigenvalue weighted by atomic mass is 10.4. The summed E-state index contributed by atoms with van der Waals surface area (Å²) >= 11 is 0. The Bertz CT molecular complexity index is 270. The lowest BCUT2D eigenvalue weighted by Crippen LogP contribution is -2.39. The van der Waals surface area contributed by atoms with Gasteiger partial charge in [-0.05, 0) is 0 Å². The fourth-order valence-corrected chi connectivity index (χ4v) is 0.545. The van der Waals surface area contributed by atoms with Gasteiger partial charge in [-0.2, -0.15) is 10.3 Å². The molecule has 0 heterocycles. The Morgan fingerprint density at radius 3 is 2.38 bits per heavy atom. The molecule has 7 heteroatoms. The maximum absolute atomic E-state index is 11.0. The standard InChI is InChI=1S/C6H8N4O3/c1-9(5(11)3-4-7)6(12)10(2)8-13/h3H2,1-2H3. The summed E-state index contributed by atoms with van der Waals surface area (Å²) in [6.07, 6.45) is -0.408. The molecule has 0 aliphatic rings. The van der Waals surface area contributed by atoms with Crippen molar-refractivity contribution in [2.24, 2.45) is 5.29 Å². The highest BCUT2D eigenvalue weighted by atomic mass is 16.3. The van der Waals surface area contributed by atoms with Crippen molar-refractivity contribution in [1.82, 2.24) is 9.91 Å². The van der Waals surface area contributed by atoms with Gasteiger partial charge in [0.15, 0.2) is 0 Å². The SMILES string of the molecule is CN(N=O)C(=O)N(C)C(=O)CC#N. The highest BCUT2D eigenvalue weighted by molar-refractivity contribution is 5.94. The molecule has 0 aromatic rings. The molecule has 7 nitrogen and oxygen atoms in total. The van der Waals surface area contributed by atoms with Crippen molar-refractivity contribution < 1.29 is 9.59 Å². The van der Waals surface area contributed by atoms with Crippen LogP contribution in [0.3, 0.4) is 0 Å². The molecule has 0 bridgehead atoms. The summed E-state index contributed by atoms with van der Waals surface area (Å²) in [5, 5.41) is 10.9. The molecule has 0 rings (SSSR count). The van der Waals surface area contributed by atoms with Crippen molar-refractivity contribution >= 4 is 11.9 Å². The predicted molar refractivity (Wildman–Crippen MR) is 42.0 cm³/mol. The number of nitrogens with zero attached hydrogens (tertiary/aromatic N) is 4. The van der Waals surface area contributed by atoms with Crippen LogP contribution in [-0.2, 0) is 4.79 Å². The molecule has 0 fully saturated rings. The minimum absolute atomic E-state index is 0.408. The highest BCUT2D eigenvalue weighted by Gasteiger charge is 2.20. The van der Waals surface area contributed by atoms with E-state index < -0.39 is 18.4 Å². The second-order valence-electron chi connectivity index (χ2n) is 2.18. The average molecular weight is 184 g/mol. The van der Waals surface area contributed by atoms with Crippen LogP contribution < -0.4 is 0 Å². The smallest absolute Gasteiger partial charge is 0.273 e. The Balaban J connectivity index is 4.35. The van der Waals surface area contributed by atoms with E-state index >= 15 is 0 Å². The van der Waals surface area contributed by atoms with E-state index in [0.717, 1.165) is 7.05 Å². The summed E-state index contributed by atoms with van der Waals surface area (Å²) in [4.78, 5) is 32.5. The molecule has 0 N–H and O–H groups in total. The van der Waals surface area contributed by atoms with Crippen molar-refractivity contribution in [2.75, 3.05) is 14.1 Å². The number of hydrogen-bond acceptors (Lipinski definition) is 5. The molecule has 0 aliphatic carbocycles. The van der Waals surface area contributed by atoms with Gasteiger partial charge in [0.2, 0.25) is 5.91 Å². The van der Waals surface area contributed by atoms with Gasteiger partial charge in [-0.3, -0.25) is 9.69 Å². The van der Waals surface area contributed by atoms with Crippen LogP contribution in [0.5, 0.6) is 0 Å². The third-order valence-electron chi connectivity index (χ3n) is 1.29. The van der Waals surface area contributed by atoms with Crippen LogP contribution in [0.4, 0.5) is 4.79 Å². The number of hydrogen-bond donors (Lipinski definition) is 0. The Hall–Kier alpha value is -1.97. The fraction of sp³-hybridized carbons (Fsp3) is 0.500. The van der Waals surface area contributed by atoms with E-state index in [1.807, 2.05) is 0 Å². The van der Waals surface area contributed by atoms with Gasteiger partial charge in [-0.15, -0.1) is 4.91 Å². The van der Waals surface area contributed by atoms with E-state index in [9.17, 15) is 14.5 Å². The lowest BCUT2D eigenvalue weighted by Gasteiger charge is -2.16. The summed E-state index contributed by atoms with van der Waals surface area (Å²) in [6, 6.07) is 0.724. The van der Waals surface area contributed by atoms with Crippen LogP contribution in [0.1, 0.15) is 6.42 Å². The van der Waals surface area contributed by atoms with Crippen LogP contribution in [0.25, 0.3) is 0 Å². The molecule has 13 heavy (non-hydrogen) atoms. The van der Waals surface area contributed by atoms with Crippen molar-refractivity contribution in [2.45, 2.75) is 6.42 Å². The summed E-state index contributed by atoms with van der Waals surface area (Å²) in [6.45, 7) is 0. The molecule has 0 aromatic carbocycles. The van der Waals surface area contributed by atoms with Crippen LogP contribution in [-0.4, -0.2) is 35.9 Å². The first-order valence-electron chi connectivity index (χ1n) is 3.29. The zero-order valence-electron chi connectivity index (χ0n) is 7.22. The van der Waals surface area contributed by atoms with E-state index in [1.54, 1.807) is 6.07 Å². The van der Waals surface area contributed by atoms with E-state index in [4.69, 9.17) is 5.26 Å². The molecular formula is C6H8N4O3. The predicted octanol–water partition coefficient (Wildman–Crippen LogP) is 0.0917. The van der Waals surface area contributed by atoms with E-state index in [0.29, 0.717) is 9.91 Å². The summed E-state index contributed by atoms with van der Waals surface area (Å²) in [7, 11) is 2.29. The minimum atomic E-state index is -0.866. The largest absolute Gasteiger partial charge is 0.349 e. The summed E-state index contributed by atoms with van der Waals surface area (Å²) in [5.41, 5.74) is 0. The topological polar surface area (TPSA) is 93.8 Å². The van der Waals surface area contributed by atoms with Crippen molar-refractivity contribution in [3.05, 3.63) is 4.91 Å². The molecule has 0 unspecified atom stereocenters. The Labute approximate surface area is 74.5 Å². The number of nitroso groups, excluding NO2 is 1. The van der Waals surface area contributed by atoms with Gasteiger partial charge in [-0.25, -0.2) is 4.79 Å². The minimum Gasteiger partial charge on any atom is -0.273 e. The van der Waals surface area contributed by atoms with Gasteiger partial charge in [0.05, 0.1) is 11.4 Å². The summed E-state index contributed by atoms with van der Waals surface area (Å²) < 4.78 is 0. The van der Waals surface area contributed by atoms with Gasteiger partial charge in [0, 0.05) is 14.1 Å². The van der Waals surface area contributed by atoms with Crippen LogP contribution in [0.15, 0.2) is 5.29 Å². The van der Waals surface area contributed by atoms with E-state index in [1.165, 1.54) is 7.05 Å². The second kappa shape index (κ2) is 4.82. The van der Waals surface area contributed by atoms with Crippen molar-refractivity contribution in [1.29, 1.82) is 5.26 Å². The number of rotatable bonds is 2. The average Bonchev–Trinajstić information content (AvgIpc) is 2.14. The molecule has 0 saturated heterocycles. The third-order valence-corrected chi connectivity index (χ3v) is 1.29. The van der Waals surface area contributed by atoms with Gasteiger partial charge in [-0.1, -0.05) is 0 Å². The van der Waals surface area contributed by atoms with Crippen molar-refractivity contribution in [3.8, 4) is 6.07 Å². The zero-order valence-corrected chi connectivity index (χ0v) is 7.22. The number of urea groups is 1. The third kappa shape index (κ3) is 2.86. The molecule has 0 saturated carbocycles. The number of nitriles is 1. The fourth-order valence-electron chi connectivity index (χ4n) is 0.545. The molecule has 3 amide bonds. The molecule has 0 aromatic heterocycles. The Morgan fingerprint density at radius 2 is 2.00 bits per heavy atom. The van der Waals surface area contributed by atoms with Crippen molar-refractivity contribution in [3.63, 3.8) is 0 Å². The first kappa shape index (κ1) is 11.0. The summed E-state index contributed by atoms with van der Waals surface area (Å²) in [5.74, 6) is -0.678. The number of carbonyl (C=O) groups is 2. The van der Waals surface area contributed by atoms with Crippen LogP contribution >= 0.6 is 0 Å². The van der Waals surface area contributed by atoms with Crippen LogP contribution in [0.2, 0.25) is 0 Å². The molecular weight excluding hydrogens is 176 g/mol. The van der Waals surface area contributed by atoms with E-state index in [-0.39, 0.29) is 0 Å². The van der Waals surface area contributed by atoms with Crippen LogP contribution in [0, 0.1) is 16.2 Å². The Morgan fingerprint density at radius 1 is 1.46 bits per heavy atom. The lowest BCUT2D eigenvalue weighted by molar-refractivity contribution is -0.126. The quantitative estimate of drug-likeness (QED) is 0.449. The van der Waals surface area contributed by atoms with Gasteiger partial charge >= 0.3 is 6.03 Å². The normalized spacial score (nSPS) is 8.38. The molecule has 0 atom stereocenters. The number of carbonyl (C=O) groups excluding carboxylic acids is 2. The zero-order chi connectivity index (χ0) is 10.4. The Kier molecular flexibility index (Phi) is 4.09. The highest BCUT2D eigenvalue weighted by Crippen LogP contribution is 1.96. The second-order valence-corrected chi connectivity index (χ2v) is 2.18. The van der Waals surface area contributed by atoms with E-state index in [2.05, 4.69) is 5.29 Å². The molecule has 70 valence electrons. The first-order chi connectivity index (χ1) is 6.04. The van der Waals surface area contributed by atoms with Gasteiger partial charge < -0.3 is 0 Å². The molecule has 0 aliphatic heterocycles. The van der Waals surface area contributed by atoms with Gasteiger partial charge in [0.1, 0.15) is 6.42 Å². The maximum Gasteiger partial charge on any atom is 0.349 e. The maximum atomic E-state index is 11.0. The first-order valence-corrected chi connectivity index (χ1v) is 3.29. The monoisotopic (exact) mass is 184 g/mol. The molecule has 0 spiro atoms.